The zero-order valence-corrected chi connectivity index (χ0v) is 11.5. The first-order chi connectivity index (χ1) is 8.49. The largest absolute Gasteiger partial charge is 0.477 e. The fourth-order valence-corrected chi connectivity index (χ4v) is 3.65. The van der Waals surface area contributed by atoms with Gasteiger partial charge in [-0.2, -0.15) is 0 Å². The molecule has 0 radical (unpaired) electrons. The molecule has 0 atom stereocenters. The summed E-state index contributed by atoms with van der Waals surface area (Å²) in [5.41, 5.74) is 0. The number of aromatic carboxylic acids is 1. The fraction of sp³-hybridized carbons (Fsp3) is 0.500. The number of hydrogen-bond acceptors (Lipinski definition) is 5. The Morgan fingerprint density at radius 1 is 1.50 bits per heavy atom. The average Bonchev–Trinajstić information content (AvgIpc) is 2.78. The first-order valence-corrected chi connectivity index (χ1v) is 7.64. The number of carboxylic acids is 1. The summed E-state index contributed by atoms with van der Waals surface area (Å²) in [7, 11) is -2.16. The van der Waals surface area contributed by atoms with Crippen LogP contribution in [0.4, 0.5) is 0 Å². The van der Waals surface area contributed by atoms with E-state index in [1.165, 1.54) is 11.4 Å². The van der Waals surface area contributed by atoms with Crippen LogP contribution >= 0.6 is 11.3 Å². The molecule has 18 heavy (non-hydrogen) atoms. The van der Waals surface area contributed by atoms with E-state index in [-0.39, 0.29) is 16.3 Å². The molecule has 1 heterocycles. The van der Waals surface area contributed by atoms with Crippen molar-refractivity contribution >= 4 is 27.3 Å². The van der Waals surface area contributed by atoms with E-state index in [1.807, 2.05) is 0 Å². The van der Waals surface area contributed by atoms with Crippen molar-refractivity contribution in [1.82, 2.24) is 4.72 Å². The Labute approximate surface area is 110 Å². The molecule has 0 amide bonds. The normalized spacial score (nSPS) is 11.6. The van der Waals surface area contributed by atoms with Gasteiger partial charge in [-0.05, 0) is 24.3 Å². The lowest BCUT2D eigenvalue weighted by Gasteiger charge is -2.05. The molecule has 0 saturated heterocycles. The standard InChI is InChI=1S/C10H15NO5S2/c1-16-6-3-2-5-11-18(14,15)8-4-7-17-9(8)10(12)13/h4,7,11H,2-3,5-6H2,1H3,(H,12,13). The molecule has 1 aromatic heterocycles. The summed E-state index contributed by atoms with van der Waals surface area (Å²) in [6, 6.07) is 1.30. The van der Waals surface area contributed by atoms with Gasteiger partial charge in [-0.1, -0.05) is 0 Å². The Balaban J connectivity index is 2.63. The van der Waals surface area contributed by atoms with Gasteiger partial charge in [0.05, 0.1) is 0 Å². The Morgan fingerprint density at radius 2 is 2.22 bits per heavy atom. The highest BCUT2D eigenvalue weighted by molar-refractivity contribution is 7.89. The van der Waals surface area contributed by atoms with Crippen LogP contribution in [0.15, 0.2) is 16.3 Å². The van der Waals surface area contributed by atoms with Gasteiger partial charge in [-0.25, -0.2) is 17.9 Å². The van der Waals surface area contributed by atoms with Crippen LogP contribution in [0.25, 0.3) is 0 Å². The van der Waals surface area contributed by atoms with Crippen molar-refractivity contribution in [3.05, 3.63) is 16.3 Å². The Hall–Kier alpha value is -0.960. The number of nitrogens with one attached hydrogen (secondary N) is 1. The Kier molecular flexibility index (Phi) is 5.73. The number of thiophene rings is 1. The number of ether oxygens (including phenoxy) is 1. The maximum atomic E-state index is 11.9. The van der Waals surface area contributed by atoms with E-state index in [0.29, 0.717) is 13.0 Å². The van der Waals surface area contributed by atoms with Gasteiger partial charge >= 0.3 is 5.97 Å². The van der Waals surface area contributed by atoms with Crippen molar-refractivity contribution in [2.75, 3.05) is 20.3 Å². The number of unbranched alkanes of at least 4 members (excludes halogenated alkanes) is 1. The molecule has 102 valence electrons. The Bertz CT molecular complexity index is 494. The first-order valence-electron chi connectivity index (χ1n) is 5.28. The van der Waals surface area contributed by atoms with E-state index in [2.05, 4.69) is 4.72 Å². The molecule has 0 aliphatic rings. The molecule has 6 nitrogen and oxygen atoms in total. The first kappa shape index (κ1) is 15.1. The summed E-state index contributed by atoms with van der Waals surface area (Å²) < 4.78 is 30.9. The van der Waals surface area contributed by atoms with Crippen LogP contribution < -0.4 is 4.72 Å². The van der Waals surface area contributed by atoms with Crippen LogP contribution in [0.2, 0.25) is 0 Å². The van der Waals surface area contributed by atoms with Crippen molar-refractivity contribution in [3.8, 4) is 0 Å². The number of carbonyl (C=O) groups is 1. The van der Waals surface area contributed by atoms with Crippen LogP contribution in [0, 0.1) is 0 Å². The van der Waals surface area contributed by atoms with Crippen molar-refractivity contribution in [3.63, 3.8) is 0 Å². The molecule has 0 saturated carbocycles. The summed E-state index contributed by atoms with van der Waals surface area (Å²) in [4.78, 5) is 10.5. The van der Waals surface area contributed by atoms with Gasteiger partial charge < -0.3 is 9.84 Å². The van der Waals surface area contributed by atoms with E-state index in [4.69, 9.17) is 9.84 Å². The second-order valence-corrected chi connectivity index (χ2v) is 6.17. The topological polar surface area (TPSA) is 92.7 Å². The molecule has 0 aromatic carbocycles. The SMILES string of the molecule is COCCCCNS(=O)(=O)c1ccsc1C(=O)O. The minimum atomic E-state index is -3.74. The van der Waals surface area contributed by atoms with Crippen LogP contribution in [-0.2, 0) is 14.8 Å². The van der Waals surface area contributed by atoms with Gasteiger partial charge in [0.2, 0.25) is 10.0 Å². The van der Waals surface area contributed by atoms with E-state index in [0.717, 1.165) is 17.8 Å². The monoisotopic (exact) mass is 293 g/mol. The van der Waals surface area contributed by atoms with Crippen molar-refractivity contribution < 1.29 is 23.1 Å². The van der Waals surface area contributed by atoms with Gasteiger partial charge in [0.15, 0.2) is 0 Å². The second-order valence-electron chi connectivity index (χ2n) is 3.52. The van der Waals surface area contributed by atoms with Crippen LogP contribution in [0.5, 0.6) is 0 Å². The predicted octanol–water partition coefficient (Wildman–Crippen LogP) is 1.15. The molecule has 1 rings (SSSR count). The quantitative estimate of drug-likeness (QED) is 0.701. The summed E-state index contributed by atoms with van der Waals surface area (Å²) >= 11 is 0.893. The van der Waals surface area contributed by atoms with Crippen molar-refractivity contribution in [2.24, 2.45) is 0 Å². The van der Waals surface area contributed by atoms with Gasteiger partial charge in [-0.3, -0.25) is 0 Å². The summed E-state index contributed by atoms with van der Waals surface area (Å²) in [5, 5.41) is 10.3. The minimum absolute atomic E-state index is 0.167. The van der Waals surface area contributed by atoms with E-state index >= 15 is 0 Å². The van der Waals surface area contributed by atoms with E-state index < -0.39 is 16.0 Å². The molecule has 2 N–H and O–H groups in total. The highest BCUT2D eigenvalue weighted by Gasteiger charge is 2.23. The smallest absolute Gasteiger partial charge is 0.347 e. The van der Waals surface area contributed by atoms with Crippen molar-refractivity contribution in [2.45, 2.75) is 17.7 Å². The molecular formula is C10H15NO5S2. The van der Waals surface area contributed by atoms with Crippen LogP contribution in [0.1, 0.15) is 22.5 Å². The summed E-state index contributed by atoms with van der Waals surface area (Å²) in [6.45, 7) is 0.834. The summed E-state index contributed by atoms with van der Waals surface area (Å²) in [6.07, 6.45) is 1.38. The number of methoxy groups -OCH3 is 1. The summed E-state index contributed by atoms with van der Waals surface area (Å²) in [5.74, 6) is -1.23. The van der Waals surface area contributed by atoms with Gasteiger partial charge in [0.1, 0.15) is 9.77 Å². The lowest BCUT2D eigenvalue weighted by molar-refractivity contribution is 0.0698. The number of rotatable bonds is 8. The third-order valence-corrected chi connectivity index (χ3v) is 4.72. The van der Waals surface area contributed by atoms with Gasteiger partial charge in [-0.15, -0.1) is 11.3 Å². The fourth-order valence-electron chi connectivity index (χ4n) is 1.32. The Morgan fingerprint density at radius 3 is 2.83 bits per heavy atom. The van der Waals surface area contributed by atoms with Crippen molar-refractivity contribution in [1.29, 1.82) is 0 Å². The molecule has 8 heteroatoms. The maximum Gasteiger partial charge on any atom is 0.347 e. The molecule has 1 aromatic rings. The number of sulfonamides is 1. The zero-order valence-electron chi connectivity index (χ0n) is 9.88. The minimum Gasteiger partial charge on any atom is -0.477 e. The lowest BCUT2D eigenvalue weighted by Crippen LogP contribution is -2.25. The third kappa shape index (κ3) is 4.05. The molecule has 0 spiro atoms. The molecule has 0 fully saturated rings. The van der Waals surface area contributed by atoms with Crippen LogP contribution in [-0.4, -0.2) is 39.8 Å². The zero-order chi connectivity index (χ0) is 13.6. The molecule has 0 unspecified atom stereocenters. The van der Waals surface area contributed by atoms with Gasteiger partial charge in [0, 0.05) is 20.3 Å². The second kappa shape index (κ2) is 6.83. The average molecular weight is 293 g/mol. The highest BCUT2D eigenvalue weighted by Crippen LogP contribution is 2.21. The van der Waals surface area contributed by atoms with E-state index in [9.17, 15) is 13.2 Å². The lowest BCUT2D eigenvalue weighted by atomic mass is 10.3. The molecule has 0 bridgehead atoms. The highest BCUT2D eigenvalue weighted by atomic mass is 32.2. The predicted molar refractivity (Wildman–Crippen MR) is 67.6 cm³/mol. The number of carboxylic acid groups (broad SMARTS) is 1. The molecular weight excluding hydrogens is 278 g/mol. The molecule has 0 aliphatic carbocycles. The number of hydrogen-bond donors (Lipinski definition) is 2. The van der Waals surface area contributed by atoms with E-state index in [1.54, 1.807) is 7.11 Å². The third-order valence-electron chi connectivity index (χ3n) is 2.18. The maximum absolute atomic E-state index is 11.9. The van der Waals surface area contributed by atoms with Gasteiger partial charge in [0.25, 0.3) is 0 Å². The van der Waals surface area contributed by atoms with Crippen LogP contribution in [0.3, 0.4) is 0 Å². The molecule has 0 aliphatic heterocycles.